The van der Waals surface area contributed by atoms with Gasteiger partial charge in [-0.3, -0.25) is 0 Å². The van der Waals surface area contributed by atoms with Crippen molar-refractivity contribution in [3.63, 3.8) is 0 Å². The smallest absolute Gasteiger partial charge is 0.316 e. The summed E-state index contributed by atoms with van der Waals surface area (Å²) in [6, 6.07) is 0. The van der Waals surface area contributed by atoms with Crippen molar-refractivity contribution >= 4 is 69.4 Å². The molecular formula is H7CaMgO3P. The Balaban J connectivity index is -0.0000000450. The predicted octanol–water partition coefficient (Wildman–Crippen LogP) is -2.64. The summed E-state index contributed by atoms with van der Waals surface area (Å²) in [6.45, 7) is 0. The molecule has 0 aliphatic carbocycles. The summed E-state index contributed by atoms with van der Waals surface area (Å²) < 4.78 is 0. The van der Waals surface area contributed by atoms with Gasteiger partial charge in [0, 0.05) is 0 Å². The molecular weight excluding hydrogens is 143 g/mol. The van der Waals surface area contributed by atoms with E-state index in [9.17, 15) is 0 Å². The van der Waals surface area contributed by atoms with Crippen molar-refractivity contribution in [3.05, 3.63) is 0 Å². The van der Waals surface area contributed by atoms with Crippen LogP contribution < -0.4 is 0 Å². The Morgan fingerprint density at radius 2 is 1.00 bits per heavy atom. The molecule has 0 saturated carbocycles. The molecule has 34 valence electrons. The van der Waals surface area contributed by atoms with E-state index >= 15 is 0 Å². The van der Waals surface area contributed by atoms with Gasteiger partial charge in [-0.2, -0.15) is 0 Å². The molecule has 6 heavy (non-hydrogen) atoms. The van der Waals surface area contributed by atoms with Gasteiger partial charge >= 0.3 is 69.4 Å². The predicted molar refractivity (Wildman–Crippen MR) is 30.7 cm³/mol. The third-order valence-electron chi connectivity index (χ3n) is 0. The first-order chi connectivity index (χ1) is 1.73. The van der Waals surface area contributed by atoms with Gasteiger partial charge in [0.2, 0.25) is 0 Å². The Morgan fingerprint density at radius 3 is 1.00 bits per heavy atom. The standard InChI is InChI=1S/Ca.Mg.H3O3P.4H/c;;1-4(2)3;;;;/h;;1-3H;;;;. The molecule has 0 heterocycles. The van der Waals surface area contributed by atoms with E-state index in [0.29, 0.717) is 0 Å². The summed E-state index contributed by atoms with van der Waals surface area (Å²) in [6.07, 6.45) is 0. The van der Waals surface area contributed by atoms with Gasteiger partial charge in [0.25, 0.3) is 0 Å². The largest absolute Gasteiger partial charge is 0.316 e. The first-order valence-electron chi connectivity index (χ1n) is 0.600. The molecule has 0 aromatic carbocycles. The van der Waals surface area contributed by atoms with Gasteiger partial charge in [0.1, 0.15) is 0 Å². The Kier molecular flexibility index (Phi) is 27.2. The van der Waals surface area contributed by atoms with Crippen LogP contribution in [0.15, 0.2) is 0 Å². The first kappa shape index (κ1) is 15.8. The first-order valence-corrected chi connectivity index (χ1v) is 1.80. The number of hydrogen-bond acceptors (Lipinski definition) is 3. The van der Waals surface area contributed by atoms with E-state index in [4.69, 9.17) is 14.7 Å². The minimum atomic E-state index is -2.62. The Hall–Kier alpha value is 2.34. The summed E-state index contributed by atoms with van der Waals surface area (Å²) >= 11 is 0. The zero-order valence-corrected chi connectivity index (χ0v) is 2.68. The van der Waals surface area contributed by atoms with Crippen molar-refractivity contribution < 1.29 is 14.7 Å². The molecule has 0 aliphatic rings. The zero-order chi connectivity index (χ0) is 3.58. The van der Waals surface area contributed by atoms with Crippen LogP contribution in [0.2, 0.25) is 0 Å². The van der Waals surface area contributed by atoms with Crippen LogP contribution in [-0.4, -0.2) is 75.5 Å². The van der Waals surface area contributed by atoms with Crippen LogP contribution >= 0.6 is 8.60 Å². The van der Waals surface area contributed by atoms with Gasteiger partial charge in [-0.15, -0.1) is 0 Å². The van der Waals surface area contributed by atoms with E-state index in [2.05, 4.69) is 0 Å². The van der Waals surface area contributed by atoms with Gasteiger partial charge in [-0.25, -0.2) is 0 Å². The molecule has 0 radical (unpaired) electrons. The molecule has 6 heteroatoms. The van der Waals surface area contributed by atoms with Crippen molar-refractivity contribution in [2.45, 2.75) is 0 Å². The molecule has 3 N–H and O–H groups in total. The van der Waals surface area contributed by atoms with Crippen LogP contribution in [0.3, 0.4) is 0 Å². The third kappa shape index (κ3) is 33.1. The van der Waals surface area contributed by atoms with Gasteiger partial charge in [-0.05, 0) is 0 Å². The normalized spacial score (nSPS) is 6.00. The van der Waals surface area contributed by atoms with Gasteiger partial charge in [0.15, 0.2) is 0 Å². The Bertz CT molecular complexity index is 15.5. The van der Waals surface area contributed by atoms with E-state index in [1.807, 2.05) is 0 Å². The second kappa shape index (κ2) is 10.3. The van der Waals surface area contributed by atoms with Crippen LogP contribution in [0.25, 0.3) is 0 Å². The molecule has 0 aliphatic heterocycles. The van der Waals surface area contributed by atoms with Crippen LogP contribution in [0.1, 0.15) is 0 Å². The zero-order valence-electron chi connectivity index (χ0n) is 1.79. The fourth-order valence-electron chi connectivity index (χ4n) is 0. The molecule has 0 fully saturated rings. The summed E-state index contributed by atoms with van der Waals surface area (Å²) in [5, 5.41) is 0. The molecule has 0 aromatic rings. The summed E-state index contributed by atoms with van der Waals surface area (Å²) in [5.41, 5.74) is 0. The monoisotopic (exact) mass is 150 g/mol. The molecule has 0 aromatic heterocycles. The van der Waals surface area contributed by atoms with Crippen LogP contribution in [0.5, 0.6) is 0 Å². The number of hydrogen-bond donors (Lipinski definition) is 3. The van der Waals surface area contributed by atoms with E-state index in [1.54, 1.807) is 0 Å². The minimum absolute atomic E-state index is 0. The maximum absolute atomic E-state index is 7.23. The summed E-state index contributed by atoms with van der Waals surface area (Å²) in [5.74, 6) is 0. The number of rotatable bonds is 0. The van der Waals surface area contributed by atoms with Gasteiger partial charge in [0.05, 0.1) is 0 Å². The maximum atomic E-state index is 7.23. The molecule has 0 rings (SSSR count). The van der Waals surface area contributed by atoms with Crippen LogP contribution in [0, 0.1) is 0 Å². The van der Waals surface area contributed by atoms with Crippen molar-refractivity contribution in [2.75, 3.05) is 0 Å². The van der Waals surface area contributed by atoms with Crippen molar-refractivity contribution in [2.24, 2.45) is 0 Å². The molecule has 0 amide bonds. The Morgan fingerprint density at radius 1 is 1.00 bits per heavy atom. The van der Waals surface area contributed by atoms with Crippen molar-refractivity contribution in [1.82, 2.24) is 0 Å². The van der Waals surface area contributed by atoms with Gasteiger partial charge in [-0.1, -0.05) is 0 Å². The van der Waals surface area contributed by atoms with E-state index in [0.717, 1.165) is 0 Å². The maximum Gasteiger partial charge on any atom is 0.316 e. The second-order valence-corrected chi connectivity index (χ2v) is 0.805. The molecule has 0 bridgehead atoms. The van der Waals surface area contributed by atoms with Crippen LogP contribution in [0.4, 0.5) is 0 Å². The quantitative estimate of drug-likeness (QED) is 0.261. The van der Waals surface area contributed by atoms with E-state index in [-0.39, 0.29) is 60.8 Å². The molecule has 3 nitrogen and oxygen atoms in total. The van der Waals surface area contributed by atoms with Gasteiger partial charge < -0.3 is 14.7 Å². The third-order valence-corrected chi connectivity index (χ3v) is 0. The van der Waals surface area contributed by atoms with Crippen molar-refractivity contribution in [1.29, 1.82) is 0 Å². The molecule has 0 saturated heterocycles. The topological polar surface area (TPSA) is 60.7 Å². The summed E-state index contributed by atoms with van der Waals surface area (Å²) in [7, 11) is -2.62. The molecule has 0 unspecified atom stereocenters. The van der Waals surface area contributed by atoms with E-state index < -0.39 is 8.60 Å². The Labute approximate surface area is 82.9 Å². The molecule has 0 spiro atoms. The average Bonchev–Trinajstić information content (AvgIpc) is 0.811. The summed E-state index contributed by atoms with van der Waals surface area (Å²) in [4.78, 5) is 21.7. The van der Waals surface area contributed by atoms with Crippen LogP contribution in [-0.2, 0) is 0 Å². The minimum Gasteiger partial charge on any atom is 0.316 e. The molecule has 0 atom stereocenters. The SMILES string of the molecule is OP(O)O.[CaH2].[MgH2]. The average molecular weight is 150 g/mol. The van der Waals surface area contributed by atoms with E-state index in [1.165, 1.54) is 0 Å². The fraction of sp³-hybridized carbons (Fsp3) is 0. The second-order valence-electron chi connectivity index (χ2n) is 0.268. The fourth-order valence-corrected chi connectivity index (χ4v) is 0. The van der Waals surface area contributed by atoms with Crippen molar-refractivity contribution in [3.8, 4) is 0 Å².